The summed E-state index contributed by atoms with van der Waals surface area (Å²) in [6.07, 6.45) is -7.30. The Morgan fingerprint density at radius 1 is 1.25 bits per heavy atom. The minimum Gasteiger partial charge on any atom is -0.386 e. The van der Waals surface area contributed by atoms with Crippen molar-refractivity contribution in [1.29, 1.82) is 0 Å². The Morgan fingerprint density at radius 2 is 1.81 bits per heavy atom. The molecule has 0 amide bonds. The van der Waals surface area contributed by atoms with Gasteiger partial charge in [0.15, 0.2) is 6.10 Å². The first-order valence-electron chi connectivity index (χ1n) is 4.82. The SMILES string of the molecule is CC(OCC(O)c1ccccc1)C(F)(F)F. The quantitative estimate of drug-likeness (QED) is 0.867. The molecule has 0 fully saturated rings. The highest BCUT2D eigenvalue weighted by molar-refractivity contribution is 5.17. The minimum atomic E-state index is -4.39. The summed E-state index contributed by atoms with van der Waals surface area (Å²) in [6.45, 7) is 0.544. The standard InChI is InChI=1S/C11H13F3O2/c1-8(11(12,13)14)16-7-10(15)9-5-3-2-4-6-9/h2-6,8,10,15H,7H2,1H3. The van der Waals surface area contributed by atoms with E-state index >= 15 is 0 Å². The van der Waals surface area contributed by atoms with Crippen LogP contribution in [0.2, 0.25) is 0 Å². The van der Waals surface area contributed by atoms with E-state index in [0.717, 1.165) is 6.92 Å². The Bertz CT molecular complexity index is 311. The van der Waals surface area contributed by atoms with E-state index in [9.17, 15) is 18.3 Å². The maximum absolute atomic E-state index is 12.1. The first-order valence-corrected chi connectivity index (χ1v) is 4.82. The van der Waals surface area contributed by atoms with Crippen LogP contribution in [0.15, 0.2) is 30.3 Å². The second kappa shape index (κ2) is 5.32. The number of halogens is 3. The molecule has 2 unspecified atom stereocenters. The Balaban J connectivity index is 2.45. The van der Waals surface area contributed by atoms with Crippen LogP contribution < -0.4 is 0 Å². The van der Waals surface area contributed by atoms with E-state index in [0.29, 0.717) is 5.56 Å². The molecule has 1 aromatic rings. The molecule has 0 aliphatic carbocycles. The van der Waals surface area contributed by atoms with Gasteiger partial charge in [-0.25, -0.2) is 0 Å². The number of hydrogen-bond donors (Lipinski definition) is 1. The summed E-state index contributed by atoms with van der Waals surface area (Å²) in [5.74, 6) is 0. The highest BCUT2D eigenvalue weighted by atomic mass is 19.4. The lowest BCUT2D eigenvalue weighted by Crippen LogP contribution is -2.30. The van der Waals surface area contributed by atoms with Crippen molar-refractivity contribution in [3.63, 3.8) is 0 Å². The van der Waals surface area contributed by atoms with E-state index < -0.39 is 18.4 Å². The molecule has 0 spiro atoms. The molecule has 90 valence electrons. The third-order valence-electron chi connectivity index (χ3n) is 2.15. The molecule has 1 rings (SSSR count). The summed E-state index contributed by atoms with van der Waals surface area (Å²) in [4.78, 5) is 0. The van der Waals surface area contributed by atoms with Crippen LogP contribution in [0.25, 0.3) is 0 Å². The molecule has 2 nitrogen and oxygen atoms in total. The summed E-state index contributed by atoms with van der Waals surface area (Å²) >= 11 is 0. The molecule has 0 saturated carbocycles. The van der Waals surface area contributed by atoms with Crippen molar-refractivity contribution in [2.45, 2.75) is 25.3 Å². The summed E-state index contributed by atoms with van der Waals surface area (Å²) in [7, 11) is 0. The smallest absolute Gasteiger partial charge is 0.386 e. The average Bonchev–Trinajstić information content (AvgIpc) is 2.25. The highest BCUT2D eigenvalue weighted by Gasteiger charge is 2.37. The molecule has 5 heteroatoms. The third-order valence-corrected chi connectivity index (χ3v) is 2.15. The van der Waals surface area contributed by atoms with Gasteiger partial charge in [0.05, 0.1) is 6.61 Å². The van der Waals surface area contributed by atoms with Crippen LogP contribution in [0, 0.1) is 0 Å². The number of alkyl halides is 3. The molecule has 1 N–H and O–H groups in total. The maximum Gasteiger partial charge on any atom is 0.414 e. The van der Waals surface area contributed by atoms with Crippen LogP contribution in [0.5, 0.6) is 0 Å². The van der Waals surface area contributed by atoms with Crippen LogP contribution in [-0.2, 0) is 4.74 Å². The lowest BCUT2D eigenvalue weighted by atomic mass is 10.1. The van der Waals surface area contributed by atoms with Crippen molar-refractivity contribution in [2.24, 2.45) is 0 Å². The van der Waals surface area contributed by atoms with Crippen LogP contribution in [0.1, 0.15) is 18.6 Å². The zero-order chi connectivity index (χ0) is 12.2. The molecule has 1 aromatic carbocycles. The van der Waals surface area contributed by atoms with Gasteiger partial charge >= 0.3 is 6.18 Å². The van der Waals surface area contributed by atoms with Crippen molar-refractivity contribution >= 4 is 0 Å². The fraction of sp³-hybridized carbons (Fsp3) is 0.455. The molecule has 0 heterocycles. The summed E-state index contributed by atoms with van der Waals surface area (Å²) in [5, 5.41) is 9.54. The normalized spacial score (nSPS) is 15.8. The van der Waals surface area contributed by atoms with Crippen LogP contribution in [-0.4, -0.2) is 24.0 Å². The molecule has 0 radical (unpaired) electrons. The van der Waals surface area contributed by atoms with Gasteiger partial charge in [-0.2, -0.15) is 13.2 Å². The first kappa shape index (κ1) is 13.0. The van der Waals surface area contributed by atoms with Crippen molar-refractivity contribution in [2.75, 3.05) is 6.61 Å². The maximum atomic E-state index is 12.1. The zero-order valence-corrected chi connectivity index (χ0v) is 8.74. The van der Waals surface area contributed by atoms with Gasteiger partial charge in [-0.15, -0.1) is 0 Å². The Kier molecular flexibility index (Phi) is 4.32. The van der Waals surface area contributed by atoms with E-state index in [2.05, 4.69) is 4.74 Å². The van der Waals surface area contributed by atoms with Gasteiger partial charge in [0.25, 0.3) is 0 Å². The number of benzene rings is 1. The van der Waals surface area contributed by atoms with Gasteiger partial charge in [0.1, 0.15) is 6.10 Å². The Labute approximate surface area is 91.7 Å². The molecule has 2 atom stereocenters. The van der Waals surface area contributed by atoms with Gasteiger partial charge in [0, 0.05) is 0 Å². The lowest BCUT2D eigenvalue weighted by molar-refractivity contribution is -0.219. The average molecular weight is 234 g/mol. The first-order chi connectivity index (χ1) is 7.41. The van der Waals surface area contributed by atoms with Crippen molar-refractivity contribution in [3.8, 4) is 0 Å². The van der Waals surface area contributed by atoms with Gasteiger partial charge < -0.3 is 9.84 Å². The summed E-state index contributed by atoms with van der Waals surface area (Å²) < 4.78 is 40.8. The topological polar surface area (TPSA) is 29.5 Å². The van der Waals surface area contributed by atoms with Crippen molar-refractivity contribution < 1.29 is 23.0 Å². The predicted molar refractivity (Wildman–Crippen MR) is 52.9 cm³/mol. The van der Waals surface area contributed by atoms with Crippen LogP contribution in [0.3, 0.4) is 0 Å². The number of rotatable bonds is 4. The molecule has 0 bridgehead atoms. The molecule has 16 heavy (non-hydrogen) atoms. The fourth-order valence-electron chi connectivity index (χ4n) is 1.10. The third kappa shape index (κ3) is 3.83. The molecular weight excluding hydrogens is 221 g/mol. The molecule has 0 aliphatic rings. The van der Waals surface area contributed by atoms with Crippen LogP contribution >= 0.6 is 0 Å². The lowest BCUT2D eigenvalue weighted by Gasteiger charge is -2.18. The van der Waals surface area contributed by atoms with Crippen molar-refractivity contribution in [1.82, 2.24) is 0 Å². The molecule has 0 aliphatic heterocycles. The van der Waals surface area contributed by atoms with Crippen molar-refractivity contribution in [3.05, 3.63) is 35.9 Å². The van der Waals surface area contributed by atoms with Gasteiger partial charge in [0.2, 0.25) is 0 Å². The van der Waals surface area contributed by atoms with E-state index in [1.165, 1.54) is 0 Å². The monoisotopic (exact) mass is 234 g/mol. The summed E-state index contributed by atoms with van der Waals surface area (Å²) in [5.41, 5.74) is 0.539. The molecule has 0 aromatic heterocycles. The van der Waals surface area contributed by atoms with Gasteiger partial charge in [-0.3, -0.25) is 0 Å². The van der Waals surface area contributed by atoms with Gasteiger partial charge in [-0.05, 0) is 12.5 Å². The number of hydrogen-bond acceptors (Lipinski definition) is 2. The zero-order valence-electron chi connectivity index (χ0n) is 8.74. The van der Waals surface area contributed by atoms with E-state index in [4.69, 9.17) is 0 Å². The number of ether oxygens (including phenoxy) is 1. The van der Waals surface area contributed by atoms with Gasteiger partial charge in [-0.1, -0.05) is 30.3 Å². The molecule has 0 saturated heterocycles. The molecular formula is C11H13F3O2. The predicted octanol–water partition coefficient (Wildman–Crippen LogP) is 2.69. The van der Waals surface area contributed by atoms with E-state index in [-0.39, 0.29) is 6.61 Å². The van der Waals surface area contributed by atoms with Crippen LogP contribution in [0.4, 0.5) is 13.2 Å². The fourth-order valence-corrected chi connectivity index (χ4v) is 1.10. The summed E-state index contributed by atoms with van der Waals surface area (Å²) in [6, 6.07) is 8.42. The highest BCUT2D eigenvalue weighted by Crippen LogP contribution is 2.23. The number of aliphatic hydroxyl groups excluding tert-OH is 1. The Morgan fingerprint density at radius 3 is 2.31 bits per heavy atom. The minimum absolute atomic E-state index is 0.370. The van der Waals surface area contributed by atoms with E-state index in [1.807, 2.05) is 0 Å². The van der Waals surface area contributed by atoms with E-state index in [1.54, 1.807) is 30.3 Å². The largest absolute Gasteiger partial charge is 0.414 e. The second-order valence-electron chi connectivity index (χ2n) is 3.44. The second-order valence-corrected chi connectivity index (χ2v) is 3.44. The Hall–Kier alpha value is -1.07. The number of aliphatic hydroxyl groups is 1.